The highest BCUT2D eigenvalue weighted by atomic mass is 16.2. The average Bonchev–Trinajstić information content (AvgIpc) is 2.87. The van der Waals surface area contributed by atoms with E-state index in [1.165, 1.54) is 4.90 Å². The summed E-state index contributed by atoms with van der Waals surface area (Å²) in [6, 6.07) is 14.6. The lowest BCUT2D eigenvalue weighted by Crippen LogP contribution is -2.44. The van der Waals surface area contributed by atoms with Gasteiger partial charge < -0.3 is 10.2 Å². The number of anilines is 2. The van der Waals surface area contributed by atoms with Crippen molar-refractivity contribution in [1.29, 1.82) is 0 Å². The van der Waals surface area contributed by atoms with Crippen LogP contribution in [0.1, 0.15) is 20.7 Å². The zero-order chi connectivity index (χ0) is 15.8. The van der Waals surface area contributed by atoms with Gasteiger partial charge in [0.15, 0.2) is 0 Å². The van der Waals surface area contributed by atoms with Crippen molar-refractivity contribution in [3.63, 3.8) is 0 Å². The number of hydrogen-bond donors (Lipinski definition) is 1. The van der Waals surface area contributed by atoms with Crippen molar-refractivity contribution in [2.75, 3.05) is 36.0 Å². The molecule has 0 saturated carbocycles. The molecule has 0 aliphatic carbocycles. The van der Waals surface area contributed by atoms with Gasteiger partial charge in [0.2, 0.25) is 0 Å². The molecule has 2 aromatic rings. The van der Waals surface area contributed by atoms with E-state index in [1.807, 2.05) is 24.3 Å². The fourth-order valence-corrected chi connectivity index (χ4v) is 3.23. The molecule has 0 unspecified atom stereocenters. The largest absolute Gasteiger partial charge is 0.367 e. The number of amides is 2. The minimum absolute atomic E-state index is 0.242. The summed E-state index contributed by atoms with van der Waals surface area (Å²) < 4.78 is 0. The summed E-state index contributed by atoms with van der Waals surface area (Å²) in [5, 5.41) is 3.32. The van der Waals surface area contributed by atoms with Crippen molar-refractivity contribution < 1.29 is 9.59 Å². The maximum Gasteiger partial charge on any atom is 0.266 e. The predicted molar refractivity (Wildman–Crippen MR) is 89.1 cm³/mol. The number of rotatable bonds is 2. The normalized spacial score (nSPS) is 17.6. The summed E-state index contributed by atoms with van der Waals surface area (Å²) >= 11 is 0. The Morgan fingerprint density at radius 2 is 1.26 bits per heavy atom. The zero-order valence-electron chi connectivity index (χ0n) is 12.7. The van der Waals surface area contributed by atoms with Crippen LogP contribution in [0.3, 0.4) is 0 Å². The smallest absolute Gasteiger partial charge is 0.266 e. The molecule has 1 saturated heterocycles. The van der Waals surface area contributed by atoms with E-state index in [2.05, 4.69) is 10.2 Å². The Balaban J connectivity index is 1.77. The molecule has 0 radical (unpaired) electrons. The third-order valence-corrected chi connectivity index (χ3v) is 4.37. The van der Waals surface area contributed by atoms with Gasteiger partial charge >= 0.3 is 0 Å². The lowest BCUT2D eigenvalue weighted by atomic mass is 10.1. The van der Waals surface area contributed by atoms with E-state index in [-0.39, 0.29) is 11.8 Å². The van der Waals surface area contributed by atoms with Crippen LogP contribution in [0.5, 0.6) is 0 Å². The van der Waals surface area contributed by atoms with Gasteiger partial charge in [-0.05, 0) is 24.3 Å². The molecule has 2 aliphatic rings. The van der Waals surface area contributed by atoms with Crippen molar-refractivity contribution in [1.82, 2.24) is 5.32 Å². The van der Waals surface area contributed by atoms with E-state index < -0.39 is 0 Å². The van der Waals surface area contributed by atoms with Gasteiger partial charge in [-0.2, -0.15) is 0 Å². The molecule has 116 valence electrons. The van der Waals surface area contributed by atoms with Crippen molar-refractivity contribution >= 4 is 23.2 Å². The van der Waals surface area contributed by atoms with E-state index >= 15 is 0 Å². The summed E-state index contributed by atoms with van der Waals surface area (Å²) in [4.78, 5) is 29.0. The van der Waals surface area contributed by atoms with Gasteiger partial charge in [-0.15, -0.1) is 0 Å². The number of piperazine rings is 1. The molecule has 5 heteroatoms. The van der Waals surface area contributed by atoms with Crippen LogP contribution < -0.4 is 15.1 Å². The van der Waals surface area contributed by atoms with E-state index in [9.17, 15) is 9.59 Å². The number of carbonyl (C=O) groups is 2. The highest BCUT2D eigenvalue weighted by Gasteiger charge is 2.37. The summed E-state index contributed by atoms with van der Waals surface area (Å²) in [6.07, 6.45) is 0. The third kappa shape index (κ3) is 2.21. The third-order valence-electron chi connectivity index (χ3n) is 4.37. The molecule has 2 aliphatic heterocycles. The van der Waals surface area contributed by atoms with Gasteiger partial charge in [0.05, 0.1) is 22.5 Å². The second-order valence-electron chi connectivity index (χ2n) is 5.72. The summed E-state index contributed by atoms with van der Waals surface area (Å²) in [5.41, 5.74) is 2.56. The van der Waals surface area contributed by atoms with Gasteiger partial charge in [0, 0.05) is 26.2 Å². The maximum atomic E-state index is 12.7. The molecule has 1 fully saturated rings. The van der Waals surface area contributed by atoms with Crippen molar-refractivity contribution in [2.45, 2.75) is 0 Å². The van der Waals surface area contributed by atoms with Crippen LogP contribution in [-0.2, 0) is 0 Å². The number of carbonyl (C=O) groups excluding carboxylic acids is 2. The molecule has 2 aromatic carbocycles. The van der Waals surface area contributed by atoms with Gasteiger partial charge in [-0.3, -0.25) is 9.59 Å². The summed E-state index contributed by atoms with van der Waals surface area (Å²) in [7, 11) is 0. The lowest BCUT2D eigenvalue weighted by Gasteiger charge is -2.32. The van der Waals surface area contributed by atoms with Crippen LogP contribution in [0.25, 0.3) is 0 Å². The van der Waals surface area contributed by atoms with E-state index in [1.54, 1.807) is 24.3 Å². The number of imide groups is 1. The number of hydrogen-bond acceptors (Lipinski definition) is 4. The molecule has 2 heterocycles. The van der Waals surface area contributed by atoms with E-state index in [4.69, 9.17) is 0 Å². The first-order valence-electron chi connectivity index (χ1n) is 7.80. The van der Waals surface area contributed by atoms with Crippen molar-refractivity contribution in [3.05, 3.63) is 59.7 Å². The van der Waals surface area contributed by atoms with Crippen LogP contribution in [0.2, 0.25) is 0 Å². The average molecular weight is 307 g/mol. The number of para-hydroxylation sites is 2. The number of fused-ring (bicyclic) bond motifs is 1. The first-order valence-corrected chi connectivity index (χ1v) is 7.80. The fraction of sp³-hybridized carbons (Fsp3) is 0.222. The molecule has 0 aromatic heterocycles. The standard InChI is InChI=1S/C18H17N3O2/c22-17-13-5-1-2-6-14(13)18(23)21(17)16-8-4-3-7-15(16)20-11-9-19-10-12-20/h1-8,19H,9-12H2. The highest BCUT2D eigenvalue weighted by Crippen LogP contribution is 2.35. The first kappa shape index (κ1) is 14.0. The lowest BCUT2D eigenvalue weighted by molar-refractivity contribution is 0.0926. The maximum absolute atomic E-state index is 12.7. The molecule has 5 nitrogen and oxygen atoms in total. The SMILES string of the molecule is O=C1c2ccccc2C(=O)N1c1ccccc1N1CCNCC1. The number of benzene rings is 2. The minimum Gasteiger partial charge on any atom is -0.367 e. The van der Waals surface area contributed by atoms with Crippen LogP contribution >= 0.6 is 0 Å². The zero-order valence-corrected chi connectivity index (χ0v) is 12.7. The van der Waals surface area contributed by atoms with Gasteiger partial charge in [0.25, 0.3) is 11.8 Å². The topological polar surface area (TPSA) is 52.7 Å². The Bertz CT molecular complexity index is 746. The Labute approximate surface area is 134 Å². The Kier molecular flexibility index (Phi) is 3.35. The molecule has 0 atom stereocenters. The second-order valence-corrected chi connectivity index (χ2v) is 5.72. The molecule has 2 amide bonds. The molecule has 4 rings (SSSR count). The van der Waals surface area contributed by atoms with Crippen molar-refractivity contribution in [3.8, 4) is 0 Å². The van der Waals surface area contributed by atoms with Crippen LogP contribution in [0.15, 0.2) is 48.5 Å². The highest BCUT2D eigenvalue weighted by molar-refractivity contribution is 6.35. The van der Waals surface area contributed by atoms with E-state index in [0.29, 0.717) is 16.8 Å². The van der Waals surface area contributed by atoms with Crippen LogP contribution in [0.4, 0.5) is 11.4 Å². The second kappa shape index (κ2) is 5.52. The van der Waals surface area contributed by atoms with E-state index in [0.717, 1.165) is 31.9 Å². The fourth-order valence-electron chi connectivity index (χ4n) is 3.23. The predicted octanol–water partition coefficient (Wildman–Crippen LogP) is 1.90. The molecule has 1 N–H and O–H groups in total. The summed E-state index contributed by atoms with van der Waals surface area (Å²) in [6.45, 7) is 3.52. The quantitative estimate of drug-likeness (QED) is 0.861. The molecule has 0 spiro atoms. The van der Waals surface area contributed by atoms with Gasteiger partial charge in [-0.1, -0.05) is 24.3 Å². The van der Waals surface area contributed by atoms with Gasteiger partial charge in [-0.25, -0.2) is 4.90 Å². The number of nitrogens with zero attached hydrogens (tertiary/aromatic N) is 2. The Morgan fingerprint density at radius 1 is 0.739 bits per heavy atom. The van der Waals surface area contributed by atoms with Gasteiger partial charge in [0.1, 0.15) is 0 Å². The Morgan fingerprint density at radius 3 is 1.87 bits per heavy atom. The van der Waals surface area contributed by atoms with Crippen LogP contribution in [-0.4, -0.2) is 38.0 Å². The van der Waals surface area contributed by atoms with Crippen LogP contribution in [0, 0.1) is 0 Å². The number of nitrogens with one attached hydrogen (secondary N) is 1. The molecular formula is C18H17N3O2. The molecule has 23 heavy (non-hydrogen) atoms. The molecule has 0 bridgehead atoms. The summed E-state index contributed by atoms with van der Waals surface area (Å²) in [5.74, 6) is -0.485. The molecular weight excluding hydrogens is 290 g/mol. The monoisotopic (exact) mass is 307 g/mol. The Hall–Kier alpha value is -2.66. The van der Waals surface area contributed by atoms with Crippen molar-refractivity contribution in [2.24, 2.45) is 0 Å². The minimum atomic E-state index is -0.242. The first-order chi connectivity index (χ1) is 11.3.